The highest BCUT2D eigenvalue weighted by Crippen LogP contribution is 2.45. The summed E-state index contributed by atoms with van der Waals surface area (Å²) < 4.78 is 0. The van der Waals surface area contributed by atoms with Gasteiger partial charge in [0.05, 0.1) is 0 Å². The lowest BCUT2D eigenvalue weighted by atomic mass is 9.92. The molecule has 14 heavy (non-hydrogen) atoms. The highest BCUT2D eigenvalue weighted by molar-refractivity contribution is 5.61. The first-order valence-electron chi connectivity index (χ1n) is 4.61. The predicted molar refractivity (Wildman–Crippen MR) is 55.0 cm³/mol. The van der Waals surface area contributed by atoms with E-state index in [0.29, 0.717) is 11.1 Å². The Morgan fingerprint density at radius 2 is 1.29 bits per heavy atom. The third kappa shape index (κ3) is 1.39. The van der Waals surface area contributed by atoms with Crippen LogP contribution < -0.4 is 0 Å². The van der Waals surface area contributed by atoms with Crippen LogP contribution >= 0.6 is 0 Å². The van der Waals surface area contributed by atoms with E-state index in [4.69, 9.17) is 0 Å². The third-order valence-electron chi connectivity index (χ3n) is 2.60. The summed E-state index contributed by atoms with van der Waals surface area (Å²) in [6.07, 6.45) is 0. The number of benzene rings is 1. The average Bonchev–Trinajstić information content (AvgIpc) is 2.11. The molecule has 0 aliphatic rings. The minimum absolute atomic E-state index is 0.111. The zero-order valence-corrected chi connectivity index (χ0v) is 8.92. The van der Waals surface area contributed by atoms with Gasteiger partial charge < -0.3 is 15.3 Å². The Morgan fingerprint density at radius 1 is 0.786 bits per heavy atom. The summed E-state index contributed by atoms with van der Waals surface area (Å²) in [6.45, 7) is 7.40. The van der Waals surface area contributed by atoms with Crippen molar-refractivity contribution in [3.8, 4) is 17.2 Å². The van der Waals surface area contributed by atoms with Crippen molar-refractivity contribution < 1.29 is 15.3 Å². The molecule has 78 valence electrons. The minimum Gasteiger partial charge on any atom is -0.504 e. The fourth-order valence-electron chi connectivity index (χ4n) is 1.68. The maximum Gasteiger partial charge on any atom is 0.200 e. The first kappa shape index (κ1) is 10.7. The van der Waals surface area contributed by atoms with E-state index in [9.17, 15) is 15.3 Å². The lowest BCUT2D eigenvalue weighted by Gasteiger charge is -2.17. The van der Waals surface area contributed by atoms with E-state index < -0.39 is 5.75 Å². The number of phenols is 3. The quantitative estimate of drug-likeness (QED) is 0.605. The smallest absolute Gasteiger partial charge is 0.200 e. The molecule has 3 nitrogen and oxygen atoms in total. The molecule has 0 saturated heterocycles. The summed E-state index contributed by atoms with van der Waals surface area (Å²) in [5, 5.41) is 28.5. The molecule has 0 saturated carbocycles. The second kappa shape index (κ2) is 3.40. The van der Waals surface area contributed by atoms with Gasteiger partial charge in [0.25, 0.3) is 0 Å². The summed E-state index contributed by atoms with van der Waals surface area (Å²) in [4.78, 5) is 0. The van der Waals surface area contributed by atoms with Crippen LogP contribution in [-0.2, 0) is 0 Å². The van der Waals surface area contributed by atoms with E-state index in [2.05, 4.69) is 0 Å². The Hall–Kier alpha value is -1.38. The van der Waals surface area contributed by atoms with Gasteiger partial charge in [-0.3, -0.25) is 0 Å². The maximum atomic E-state index is 9.64. The first-order chi connectivity index (χ1) is 6.37. The van der Waals surface area contributed by atoms with Crippen molar-refractivity contribution in [3.63, 3.8) is 0 Å². The lowest BCUT2D eigenvalue weighted by molar-refractivity contribution is 0.361. The number of aromatic hydroxyl groups is 3. The number of hydrogen-bond donors (Lipinski definition) is 3. The van der Waals surface area contributed by atoms with Crippen LogP contribution in [-0.4, -0.2) is 15.3 Å². The first-order valence-corrected chi connectivity index (χ1v) is 4.61. The molecule has 1 aromatic rings. The Morgan fingerprint density at radius 3 is 1.71 bits per heavy atom. The molecule has 1 aromatic carbocycles. The van der Waals surface area contributed by atoms with E-state index in [1.165, 1.54) is 0 Å². The van der Waals surface area contributed by atoms with Crippen molar-refractivity contribution >= 4 is 0 Å². The van der Waals surface area contributed by atoms with Crippen LogP contribution in [0.25, 0.3) is 0 Å². The molecule has 0 aromatic heterocycles. The topological polar surface area (TPSA) is 60.7 Å². The Bertz CT molecular complexity index is 338. The standard InChI is InChI=1S/C11H16O3/c1-5(2)8-6(3)7(4)9(12)11(14)10(8)13/h5,12-14H,1-4H3. The van der Waals surface area contributed by atoms with Crippen molar-refractivity contribution in [1.29, 1.82) is 0 Å². The largest absolute Gasteiger partial charge is 0.504 e. The third-order valence-corrected chi connectivity index (χ3v) is 2.60. The molecule has 0 aliphatic carbocycles. The molecular formula is C11H16O3. The fraction of sp³-hybridized carbons (Fsp3) is 0.455. The monoisotopic (exact) mass is 196 g/mol. The normalized spacial score (nSPS) is 10.9. The summed E-state index contributed by atoms with van der Waals surface area (Å²) in [5.41, 5.74) is 2.13. The number of rotatable bonds is 1. The van der Waals surface area contributed by atoms with E-state index >= 15 is 0 Å². The highest BCUT2D eigenvalue weighted by Gasteiger charge is 2.20. The van der Waals surface area contributed by atoms with Crippen LogP contribution in [0.1, 0.15) is 36.5 Å². The van der Waals surface area contributed by atoms with Gasteiger partial charge in [-0.1, -0.05) is 13.8 Å². The van der Waals surface area contributed by atoms with Crippen LogP contribution in [0.15, 0.2) is 0 Å². The Labute approximate surface area is 83.6 Å². The van der Waals surface area contributed by atoms with Gasteiger partial charge in [-0.2, -0.15) is 0 Å². The molecule has 3 heteroatoms. The van der Waals surface area contributed by atoms with Crippen molar-refractivity contribution in [2.75, 3.05) is 0 Å². The fourth-order valence-corrected chi connectivity index (χ4v) is 1.68. The Kier molecular flexibility index (Phi) is 2.60. The van der Waals surface area contributed by atoms with Gasteiger partial charge in [-0.05, 0) is 30.9 Å². The van der Waals surface area contributed by atoms with Gasteiger partial charge in [0.2, 0.25) is 5.75 Å². The summed E-state index contributed by atoms with van der Waals surface area (Å²) >= 11 is 0. The van der Waals surface area contributed by atoms with Crippen molar-refractivity contribution in [2.45, 2.75) is 33.6 Å². The summed E-state index contributed by atoms with van der Waals surface area (Å²) in [7, 11) is 0. The SMILES string of the molecule is Cc1c(C)c(C(C)C)c(O)c(O)c1O. The molecular weight excluding hydrogens is 180 g/mol. The van der Waals surface area contributed by atoms with Crippen molar-refractivity contribution in [2.24, 2.45) is 0 Å². The molecule has 0 amide bonds. The molecule has 0 heterocycles. The van der Waals surface area contributed by atoms with Gasteiger partial charge in [-0.25, -0.2) is 0 Å². The molecule has 0 radical (unpaired) electrons. The predicted octanol–water partition coefficient (Wildman–Crippen LogP) is 2.54. The van der Waals surface area contributed by atoms with Crippen LogP contribution in [0.4, 0.5) is 0 Å². The molecule has 1 rings (SSSR count). The highest BCUT2D eigenvalue weighted by atomic mass is 16.3. The van der Waals surface area contributed by atoms with E-state index in [1.54, 1.807) is 6.92 Å². The second-order valence-corrected chi connectivity index (χ2v) is 3.86. The van der Waals surface area contributed by atoms with E-state index in [1.807, 2.05) is 20.8 Å². The number of phenolic OH excluding ortho intramolecular Hbond substituents is 3. The van der Waals surface area contributed by atoms with Gasteiger partial charge in [0, 0.05) is 5.56 Å². The maximum absolute atomic E-state index is 9.64. The van der Waals surface area contributed by atoms with Crippen molar-refractivity contribution in [1.82, 2.24) is 0 Å². The summed E-state index contributed by atoms with van der Waals surface area (Å²) in [6, 6.07) is 0. The Balaban J connectivity index is 3.60. The molecule has 0 unspecified atom stereocenters. The van der Waals surface area contributed by atoms with Crippen LogP contribution in [0, 0.1) is 13.8 Å². The van der Waals surface area contributed by atoms with Crippen molar-refractivity contribution in [3.05, 3.63) is 16.7 Å². The molecule has 3 N–H and O–H groups in total. The molecule has 0 fully saturated rings. The van der Waals surface area contributed by atoms with E-state index in [-0.39, 0.29) is 17.4 Å². The minimum atomic E-state index is -0.420. The number of hydrogen-bond acceptors (Lipinski definition) is 3. The molecule has 0 atom stereocenters. The molecule has 0 spiro atoms. The van der Waals surface area contributed by atoms with Gasteiger partial charge in [-0.15, -0.1) is 0 Å². The van der Waals surface area contributed by atoms with Gasteiger partial charge >= 0.3 is 0 Å². The molecule has 0 aliphatic heterocycles. The zero-order valence-electron chi connectivity index (χ0n) is 8.92. The van der Waals surface area contributed by atoms with Gasteiger partial charge in [0.1, 0.15) is 0 Å². The van der Waals surface area contributed by atoms with Gasteiger partial charge in [0.15, 0.2) is 11.5 Å². The lowest BCUT2D eigenvalue weighted by Crippen LogP contribution is -1.96. The molecule has 0 bridgehead atoms. The summed E-state index contributed by atoms with van der Waals surface area (Å²) in [5.74, 6) is -0.748. The second-order valence-electron chi connectivity index (χ2n) is 3.86. The van der Waals surface area contributed by atoms with E-state index in [0.717, 1.165) is 5.56 Å². The van der Waals surface area contributed by atoms with Crippen LogP contribution in [0.3, 0.4) is 0 Å². The van der Waals surface area contributed by atoms with Crippen LogP contribution in [0.2, 0.25) is 0 Å². The van der Waals surface area contributed by atoms with Crippen LogP contribution in [0.5, 0.6) is 17.2 Å². The zero-order chi connectivity index (χ0) is 11.0. The average molecular weight is 196 g/mol.